The normalized spacial score (nSPS) is 30.8. The van der Waals surface area contributed by atoms with E-state index in [1.807, 2.05) is 0 Å². The van der Waals surface area contributed by atoms with Crippen LogP contribution in [0.3, 0.4) is 0 Å². The molecule has 4 atom stereocenters. The molecule has 1 aromatic carbocycles. The van der Waals surface area contributed by atoms with E-state index in [2.05, 4.69) is 40.7 Å². The summed E-state index contributed by atoms with van der Waals surface area (Å²) in [6.45, 7) is 11.9. The minimum absolute atomic E-state index is 0.381. The zero-order valence-corrected chi connectivity index (χ0v) is 15.0. The van der Waals surface area contributed by atoms with E-state index in [4.69, 9.17) is 9.47 Å². The Morgan fingerprint density at radius 2 is 1.74 bits per heavy atom. The molecule has 0 spiro atoms. The Bertz CT molecular complexity index is 682. The van der Waals surface area contributed by atoms with Crippen LogP contribution in [0.5, 0.6) is 11.5 Å². The summed E-state index contributed by atoms with van der Waals surface area (Å²) in [7, 11) is 0. The summed E-state index contributed by atoms with van der Waals surface area (Å²) in [4.78, 5) is 0. The Labute approximate surface area is 139 Å². The smallest absolute Gasteiger partial charge is 0.231 e. The number of hydrogen-bond acceptors (Lipinski definition) is 2. The predicted molar refractivity (Wildman–Crippen MR) is 93.6 cm³/mol. The molecule has 2 heteroatoms. The summed E-state index contributed by atoms with van der Waals surface area (Å²) in [5.41, 5.74) is 7.37. The van der Waals surface area contributed by atoms with Crippen molar-refractivity contribution in [1.82, 2.24) is 0 Å². The number of fused-ring (bicyclic) bond motifs is 2. The van der Waals surface area contributed by atoms with Gasteiger partial charge in [-0.1, -0.05) is 25.5 Å². The molecule has 2 nitrogen and oxygen atoms in total. The van der Waals surface area contributed by atoms with E-state index in [9.17, 15) is 0 Å². The van der Waals surface area contributed by atoms with Crippen molar-refractivity contribution >= 4 is 0 Å². The van der Waals surface area contributed by atoms with Gasteiger partial charge in [0.1, 0.15) is 0 Å². The van der Waals surface area contributed by atoms with Crippen LogP contribution in [0.4, 0.5) is 0 Å². The minimum atomic E-state index is 0.381. The standard InChI is InChI=1S/C21H28O2/c1-11(2)8-15-9-13(4)16-7-6-12(3)17-19(16)18(15)14(5)20-21(17)23-10-22-20/h8,12-13,15-16H,6-7,9-10H2,1-5H3/t12-,13-,15-,16+/m0/s1. The van der Waals surface area contributed by atoms with E-state index in [-0.39, 0.29) is 0 Å². The van der Waals surface area contributed by atoms with E-state index < -0.39 is 0 Å². The Morgan fingerprint density at radius 1 is 1.00 bits per heavy atom. The lowest BCUT2D eigenvalue weighted by Crippen LogP contribution is -2.28. The summed E-state index contributed by atoms with van der Waals surface area (Å²) in [5, 5.41) is 0. The molecule has 0 aromatic heterocycles. The van der Waals surface area contributed by atoms with Crippen molar-refractivity contribution < 1.29 is 9.47 Å². The van der Waals surface area contributed by atoms with Gasteiger partial charge in [0.25, 0.3) is 0 Å². The van der Waals surface area contributed by atoms with Crippen molar-refractivity contribution in [3.05, 3.63) is 33.9 Å². The highest BCUT2D eigenvalue weighted by atomic mass is 16.7. The Kier molecular flexibility index (Phi) is 3.48. The highest BCUT2D eigenvalue weighted by Gasteiger charge is 2.42. The van der Waals surface area contributed by atoms with Crippen molar-refractivity contribution in [3.8, 4) is 11.5 Å². The zero-order valence-electron chi connectivity index (χ0n) is 15.0. The molecule has 0 fully saturated rings. The fourth-order valence-corrected chi connectivity index (χ4v) is 5.24. The van der Waals surface area contributed by atoms with Gasteiger partial charge in [0.2, 0.25) is 6.79 Å². The van der Waals surface area contributed by atoms with Crippen molar-refractivity contribution in [2.45, 2.75) is 71.6 Å². The fourth-order valence-electron chi connectivity index (χ4n) is 5.24. The molecule has 0 N–H and O–H groups in total. The van der Waals surface area contributed by atoms with E-state index in [1.54, 1.807) is 11.1 Å². The van der Waals surface area contributed by atoms with Crippen LogP contribution in [-0.2, 0) is 0 Å². The third kappa shape index (κ3) is 2.14. The molecule has 1 aromatic rings. The Balaban J connectivity index is 2.03. The molecule has 4 rings (SSSR count). The van der Waals surface area contributed by atoms with Gasteiger partial charge in [-0.2, -0.15) is 0 Å². The molecule has 0 saturated heterocycles. The van der Waals surface area contributed by atoms with Gasteiger partial charge in [-0.3, -0.25) is 0 Å². The van der Waals surface area contributed by atoms with Gasteiger partial charge in [0.05, 0.1) is 0 Å². The van der Waals surface area contributed by atoms with Gasteiger partial charge in [0, 0.05) is 11.5 Å². The van der Waals surface area contributed by atoms with Crippen molar-refractivity contribution in [2.24, 2.45) is 5.92 Å². The number of ether oxygens (including phenoxy) is 2. The van der Waals surface area contributed by atoms with Gasteiger partial charge >= 0.3 is 0 Å². The molecule has 0 unspecified atom stereocenters. The maximum atomic E-state index is 5.93. The number of hydrogen-bond donors (Lipinski definition) is 0. The minimum Gasteiger partial charge on any atom is -0.453 e. The molecule has 0 saturated carbocycles. The molecular weight excluding hydrogens is 284 g/mol. The van der Waals surface area contributed by atoms with Crippen LogP contribution in [0.15, 0.2) is 11.6 Å². The molecule has 23 heavy (non-hydrogen) atoms. The monoisotopic (exact) mass is 312 g/mol. The molecule has 0 radical (unpaired) electrons. The van der Waals surface area contributed by atoms with Gasteiger partial charge in [-0.25, -0.2) is 0 Å². The molecule has 124 valence electrons. The molecule has 0 bridgehead atoms. The Morgan fingerprint density at radius 3 is 2.48 bits per heavy atom. The molecule has 1 aliphatic heterocycles. The Hall–Kier alpha value is -1.44. The highest BCUT2D eigenvalue weighted by Crippen LogP contribution is 2.59. The second kappa shape index (κ2) is 5.29. The van der Waals surface area contributed by atoms with Crippen LogP contribution < -0.4 is 9.47 Å². The van der Waals surface area contributed by atoms with Gasteiger partial charge < -0.3 is 9.47 Å². The zero-order chi connectivity index (χ0) is 16.3. The van der Waals surface area contributed by atoms with Crippen LogP contribution in [0.1, 0.15) is 87.0 Å². The lowest BCUT2D eigenvalue weighted by Gasteiger charge is -2.43. The van der Waals surface area contributed by atoms with Crippen LogP contribution in [0.2, 0.25) is 0 Å². The van der Waals surface area contributed by atoms with Crippen molar-refractivity contribution in [3.63, 3.8) is 0 Å². The summed E-state index contributed by atoms with van der Waals surface area (Å²) in [6.07, 6.45) is 6.32. The summed E-state index contributed by atoms with van der Waals surface area (Å²) < 4.78 is 11.8. The summed E-state index contributed by atoms with van der Waals surface area (Å²) >= 11 is 0. The number of benzene rings is 1. The maximum absolute atomic E-state index is 5.93. The van der Waals surface area contributed by atoms with E-state index in [1.165, 1.54) is 36.0 Å². The number of rotatable bonds is 1. The summed E-state index contributed by atoms with van der Waals surface area (Å²) in [6, 6.07) is 0. The number of allylic oxidation sites excluding steroid dienone is 2. The van der Waals surface area contributed by atoms with Crippen LogP contribution in [0.25, 0.3) is 0 Å². The predicted octanol–water partition coefficient (Wildman–Crippen LogP) is 5.79. The molecule has 2 aliphatic carbocycles. The molecule has 0 amide bonds. The first kappa shape index (κ1) is 15.1. The summed E-state index contributed by atoms with van der Waals surface area (Å²) in [5.74, 6) is 4.63. The van der Waals surface area contributed by atoms with Crippen LogP contribution in [-0.4, -0.2) is 6.79 Å². The van der Waals surface area contributed by atoms with E-state index in [0.717, 1.165) is 17.4 Å². The second-order valence-electron chi connectivity index (χ2n) is 8.08. The third-order valence-electron chi connectivity index (χ3n) is 6.17. The van der Waals surface area contributed by atoms with E-state index in [0.29, 0.717) is 24.5 Å². The first-order valence-corrected chi connectivity index (χ1v) is 9.09. The molecular formula is C21H28O2. The van der Waals surface area contributed by atoms with E-state index >= 15 is 0 Å². The average molecular weight is 312 g/mol. The second-order valence-corrected chi connectivity index (χ2v) is 8.08. The lowest BCUT2D eigenvalue weighted by atomic mass is 9.62. The van der Waals surface area contributed by atoms with Gasteiger partial charge in [-0.05, 0) is 74.5 Å². The largest absolute Gasteiger partial charge is 0.453 e. The highest BCUT2D eigenvalue weighted by molar-refractivity contribution is 5.65. The first-order chi connectivity index (χ1) is 11.0. The maximum Gasteiger partial charge on any atom is 0.231 e. The van der Waals surface area contributed by atoms with Crippen molar-refractivity contribution in [2.75, 3.05) is 6.79 Å². The van der Waals surface area contributed by atoms with Crippen LogP contribution in [0, 0.1) is 12.8 Å². The van der Waals surface area contributed by atoms with Crippen molar-refractivity contribution in [1.29, 1.82) is 0 Å². The quantitative estimate of drug-likeness (QED) is 0.611. The fraction of sp³-hybridized carbons (Fsp3) is 0.619. The lowest BCUT2D eigenvalue weighted by molar-refractivity contribution is 0.172. The SMILES string of the molecule is CC(C)=C[C@H]1C[C@H](C)[C@H]2CC[C@H](C)c3c4c(c(C)c1c32)OCO4. The topological polar surface area (TPSA) is 18.5 Å². The van der Waals surface area contributed by atoms with Gasteiger partial charge in [-0.15, -0.1) is 0 Å². The van der Waals surface area contributed by atoms with Gasteiger partial charge in [0.15, 0.2) is 11.5 Å². The average Bonchev–Trinajstić information content (AvgIpc) is 2.95. The van der Waals surface area contributed by atoms with Crippen LogP contribution >= 0.6 is 0 Å². The molecule has 3 aliphatic rings. The first-order valence-electron chi connectivity index (χ1n) is 9.09. The molecule has 1 heterocycles. The third-order valence-corrected chi connectivity index (χ3v) is 6.17.